The molecule has 0 aliphatic carbocycles. The van der Waals surface area contributed by atoms with Gasteiger partial charge >= 0.3 is 6.61 Å². The highest BCUT2D eigenvalue weighted by atomic mass is 79.9. The first-order chi connectivity index (χ1) is 6.91. The van der Waals surface area contributed by atoms with Crippen LogP contribution in [-0.4, -0.2) is 11.5 Å². The number of benzene rings is 1. The first kappa shape index (κ1) is 11.8. The molecule has 0 unspecified atom stereocenters. The lowest BCUT2D eigenvalue weighted by molar-refractivity contribution is -0.385. The van der Waals surface area contributed by atoms with Gasteiger partial charge in [0, 0.05) is 0 Å². The van der Waals surface area contributed by atoms with Crippen molar-refractivity contribution in [2.75, 3.05) is 0 Å². The predicted molar refractivity (Wildman–Crippen MR) is 52.2 cm³/mol. The molecular formula is C8H6BrF2NO3. The maximum atomic E-state index is 11.9. The van der Waals surface area contributed by atoms with Gasteiger partial charge in [-0.05, 0) is 34.5 Å². The van der Waals surface area contributed by atoms with Crippen molar-refractivity contribution in [3.8, 4) is 5.75 Å². The minimum absolute atomic E-state index is 0.225. The molecule has 0 aliphatic heterocycles. The zero-order chi connectivity index (χ0) is 11.6. The molecule has 0 radical (unpaired) electrons. The van der Waals surface area contributed by atoms with Crippen LogP contribution in [0.5, 0.6) is 5.75 Å². The monoisotopic (exact) mass is 281 g/mol. The minimum atomic E-state index is -3.00. The molecule has 7 heteroatoms. The van der Waals surface area contributed by atoms with Crippen LogP contribution in [0.2, 0.25) is 0 Å². The largest absolute Gasteiger partial charge is 0.435 e. The Kier molecular flexibility index (Phi) is 3.57. The number of alkyl halides is 2. The SMILES string of the molecule is Cc1cc(OC(F)F)cc([N+](=O)[O-])c1Br. The molecular weight excluding hydrogens is 276 g/mol. The lowest BCUT2D eigenvalue weighted by Gasteiger charge is -2.06. The molecule has 0 heterocycles. The van der Waals surface area contributed by atoms with E-state index >= 15 is 0 Å². The Hall–Kier alpha value is -1.24. The number of aryl methyl sites for hydroxylation is 1. The third-order valence-electron chi connectivity index (χ3n) is 1.63. The number of nitro benzene ring substituents is 1. The van der Waals surface area contributed by atoms with Gasteiger partial charge in [-0.2, -0.15) is 8.78 Å². The van der Waals surface area contributed by atoms with Gasteiger partial charge in [-0.25, -0.2) is 0 Å². The van der Waals surface area contributed by atoms with Gasteiger partial charge in [0.05, 0.1) is 15.5 Å². The van der Waals surface area contributed by atoms with Crippen molar-refractivity contribution < 1.29 is 18.4 Å². The zero-order valence-corrected chi connectivity index (χ0v) is 9.12. The number of nitrogens with zero attached hydrogens (tertiary/aromatic N) is 1. The van der Waals surface area contributed by atoms with Crippen LogP contribution < -0.4 is 4.74 Å². The summed E-state index contributed by atoms with van der Waals surface area (Å²) >= 11 is 3.00. The summed E-state index contributed by atoms with van der Waals surface area (Å²) < 4.78 is 28.1. The standard InChI is InChI=1S/C8H6BrF2NO3/c1-4-2-5(15-8(10)11)3-6(7(4)9)12(13)14/h2-3,8H,1H3. The molecule has 0 saturated carbocycles. The van der Waals surface area contributed by atoms with Gasteiger partial charge in [-0.15, -0.1) is 0 Å². The van der Waals surface area contributed by atoms with Gasteiger partial charge < -0.3 is 4.74 Å². The summed E-state index contributed by atoms with van der Waals surface area (Å²) in [4.78, 5) is 9.87. The summed E-state index contributed by atoms with van der Waals surface area (Å²) in [7, 11) is 0. The van der Waals surface area contributed by atoms with E-state index in [4.69, 9.17) is 0 Å². The highest BCUT2D eigenvalue weighted by Gasteiger charge is 2.17. The molecule has 4 nitrogen and oxygen atoms in total. The van der Waals surface area contributed by atoms with Gasteiger partial charge in [0.15, 0.2) is 0 Å². The van der Waals surface area contributed by atoms with E-state index in [1.807, 2.05) is 0 Å². The average Bonchev–Trinajstić information content (AvgIpc) is 2.09. The highest BCUT2D eigenvalue weighted by molar-refractivity contribution is 9.10. The fourth-order valence-electron chi connectivity index (χ4n) is 1.02. The summed E-state index contributed by atoms with van der Waals surface area (Å²) in [5.41, 5.74) is 0.158. The fraction of sp³-hybridized carbons (Fsp3) is 0.250. The first-order valence-corrected chi connectivity index (χ1v) is 4.60. The summed E-state index contributed by atoms with van der Waals surface area (Å²) in [6.07, 6.45) is 0. The van der Waals surface area contributed by atoms with E-state index in [2.05, 4.69) is 20.7 Å². The molecule has 82 valence electrons. The Morgan fingerprint density at radius 1 is 1.53 bits per heavy atom. The van der Waals surface area contributed by atoms with Crippen LogP contribution in [0.15, 0.2) is 16.6 Å². The normalized spacial score (nSPS) is 10.5. The van der Waals surface area contributed by atoms with Crippen molar-refractivity contribution in [1.82, 2.24) is 0 Å². The van der Waals surface area contributed by atoms with Gasteiger partial charge in [0.2, 0.25) is 0 Å². The number of ether oxygens (including phenoxy) is 1. The molecule has 0 spiro atoms. The Bertz CT molecular complexity index is 398. The quantitative estimate of drug-likeness (QED) is 0.631. The molecule has 0 fully saturated rings. The van der Waals surface area contributed by atoms with E-state index in [9.17, 15) is 18.9 Å². The Morgan fingerprint density at radius 3 is 2.60 bits per heavy atom. The molecule has 0 aromatic heterocycles. The second-order valence-corrected chi connectivity index (χ2v) is 3.50. The molecule has 0 bridgehead atoms. The zero-order valence-electron chi connectivity index (χ0n) is 7.54. The Balaban J connectivity index is 3.17. The van der Waals surface area contributed by atoms with Gasteiger partial charge in [-0.1, -0.05) is 0 Å². The minimum Gasteiger partial charge on any atom is -0.435 e. The molecule has 1 rings (SSSR count). The van der Waals surface area contributed by atoms with Gasteiger partial charge in [0.1, 0.15) is 5.75 Å². The molecule has 0 aliphatic rings. The lowest BCUT2D eigenvalue weighted by Crippen LogP contribution is -2.03. The molecule has 15 heavy (non-hydrogen) atoms. The van der Waals surface area contributed by atoms with Gasteiger partial charge in [0.25, 0.3) is 5.69 Å². The van der Waals surface area contributed by atoms with Crippen LogP contribution in [-0.2, 0) is 0 Å². The summed E-state index contributed by atoms with van der Waals surface area (Å²) in [5, 5.41) is 10.5. The van der Waals surface area contributed by atoms with Crippen LogP contribution >= 0.6 is 15.9 Å². The molecule has 0 saturated heterocycles. The van der Waals surface area contributed by atoms with E-state index in [0.717, 1.165) is 6.07 Å². The number of rotatable bonds is 3. The number of hydrogen-bond acceptors (Lipinski definition) is 3. The molecule has 0 amide bonds. The summed E-state index contributed by atoms with van der Waals surface area (Å²) in [6.45, 7) is -1.44. The van der Waals surface area contributed by atoms with Crippen molar-refractivity contribution in [2.24, 2.45) is 0 Å². The molecule has 0 atom stereocenters. The average molecular weight is 282 g/mol. The Labute approximate surface area is 92.1 Å². The second-order valence-electron chi connectivity index (χ2n) is 2.71. The third-order valence-corrected chi connectivity index (χ3v) is 2.66. The third kappa shape index (κ3) is 2.85. The molecule has 0 N–H and O–H groups in total. The van der Waals surface area contributed by atoms with Crippen molar-refractivity contribution in [1.29, 1.82) is 0 Å². The number of nitro groups is 1. The fourth-order valence-corrected chi connectivity index (χ4v) is 1.40. The van der Waals surface area contributed by atoms with Crippen molar-refractivity contribution >= 4 is 21.6 Å². The van der Waals surface area contributed by atoms with E-state index in [0.29, 0.717) is 5.56 Å². The van der Waals surface area contributed by atoms with Crippen LogP contribution in [0.4, 0.5) is 14.5 Å². The van der Waals surface area contributed by atoms with Crippen molar-refractivity contribution in [3.63, 3.8) is 0 Å². The van der Waals surface area contributed by atoms with Crippen LogP contribution in [0, 0.1) is 17.0 Å². The lowest BCUT2D eigenvalue weighted by atomic mass is 10.2. The van der Waals surface area contributed by atoms with Crippen LogP contribution in [0.1, 0.15) is 5.56 Å². The summed E-state index contributed by atoms with van der Waals surface area (Å²) in [5.74, 6) is -0.225. The maximum Gasteiger partial charge on any atom is 0.387 e. The highest BCUT2D eigenvalue weighted by Crippen LogP contribution is 2.33. The van der Waals surface area contributed by atoms with Crippen molar-refractivity contribution in [3.05, 3.63) is 32.3 Å². The van der Waals surface area contributed by atoms with E-state index in [1.54, 1.807) is 6.92 Å². The van der Waals surface area contributed by atoms with E-state index in [1.165, 1.54) is 6.07 Å². The maximum absolute atomic E-state index is 11.9. The van der Waals surface area contributed by atoms with E-state index < -0.39 is 11.5 Å². The number of halogens is 3. The van der Waals surface area contributed by atoms with Crippen LogP contribution in [0.3, 0.4) is 0 Å². The van der Waals surface area contributed by atoms with Crippen LogP contribution in [0.25, 0.3) is 0 Å². The first-order valence-electron chi connectivity index (χ1n) is 3.81. The number of hydrogen-bond donors (Lipinski definition) is 0. The predicted octanol–water partition coefficient (Wildman–Crippen LogP) is 3.27. The molecule has 1 aromatic carbocycles. The van der Waals surface area contributed by atoms with Crippen molar-refractivity contribution in [2.45, 2.75) is 13.5 Å². The smallest absolute Gasteiger partial charge is 0.387 e. The second kappa shape index (κ2) is 4.52. The summed E-state index contributed by atoms with van der Waals surface area (Å²) in [6, 6.07) is 2.24. The molecule has 1 aromatic rings. The topological polar surface area (TPSA) is 52.4 Å². The Morgan fingerprint density at radius 2 is 2.13 bits per heavy atom. The van der Waals surface area contributed by atoms with Gasteiger partial charge in [-0.3, -0.25) is 10.1 Å². The van der Waals surface area contributed by atoms with E-state index in [-0.39, 0.29) is 15.9 Å².